The van der Waals surface area contributed by atoms with Crippen molar-refractivity contribution in [3.05, 3.63) is 59.2 Å². The molecule has 0 aliphatic carbocycles. The number of methoxy groups -OCH3 is 2. The van der Waals surface area contributed by atoms with E-state index >= 15 is 0 Å². The van der Waals surface area contributed by atoms with Crippen LogP contribution in [-0.4, -0.2) is 35.9 Å². The normalized spacial score (nSPS) is 11.8. The SMILES string of the molecule is CCC(C)NC(=O)c1cc(-c2ccc(OC)cc2OC)nn1-c1cccc(Cl)c1. The molecule has 0 fully saturated rings. The van der Waals surface area contributed by atoms with E-state index in [1.54, 1.807) is 43.2 Å². The third kappa shape index (κ3) is 4.54. The predicted molar refractivity (Wildman–Crippen MR) is 114 cm³/mol. The van der Waals surface area contributed by atoms with E-state index in [9.17, 15) is 4.79 Å². The number of carbonyl (C=O) groups excluding carboxylic acids is 1. The highest BCUT2D eigenvalue weighted by Gasteiger charge is 2.20. The number of nitrogens with one attached hydrogen (secondary N) is 1. The van der Waals surface area contributed by atoms with E-state index in [0.717, 1.165) is 12.0 Å². The second kappa shape index (κ2) is 9.01. The van der Waals surface area contributed by atoms with Crippen molar-refractivity contribution in [2.24, 2.45) is 0 Å². The first-order valence-corrected chi connectivity index (χ1v) is 9.73. The number of hydrogen-bond acceptors (Lipinski definition) is 4. The Morgan fingerprint density at radius 3 is 2.62 bits per heavy atom. The van der Waals surface area contributed by atoms with Gasteiger partial charge in [0.05, 0.1) is 25.6 Å². The molecule has 0 spiro atoms. The average Bonchev–Trinajstić information content (AvgIpc) is 3.18. The molecule has 6 nitrogen and oxygen atoms in total. The molecule has 0 bridgehead atoms. The van der Waals surface area contributed by atoms with Gasteiger partial charge in [0, 0.05) is 22.7 Å². The average molecular weight is 414 g/mol. The highest BCUT2D eigenvalue weighted by Crippen LogP contribution is 2.33. The van der Waals surface area contributed by atoms with Crippen LogP contribution in [0.3, 0.4) is 0 Å². The summed E-state index contributed by atoms with van der Waals surface area (Å²) in [6.07, 6.45) is 0.830. The zero-order valence-corrected chi connectivity index (χ0v) is 17.7. The van der Waals surface area contributed by atoms with Gasteiger partial charge in [0.25, 0.3) is 5.91 Å². The molecule has 1 aromatic heterocycles. The maximum Gasteiger partial charge on any atom is 0.270 e. The van der Waals surface area contributed by atoms with E-state index < -0.39 is 0 Å². The molecule has 0 saturated carbocycles. The second-order valence-corrected chi connectivity index (χ2v) is 7.09. The van der Waals surface area contributed by atoms with E-state index in [1.165, 1.54) is 0 Å². The molecular formula is C22H24ClN3O3. The number of hydrogen-bond donors (Lipinski definition) is 1. The summed E-state index contributed by atoms with van der Waals surface area (Å²) in [7, 11) is 3.18. The van der Waals surface area contributed by atoms with Crippen molar-refractivity contribution in [1.29, 1.82) is 0 Å². The molecule has 3 aromatic rings. The molecule has 0 aliphatic heterocycles. The van der Waals surface area contributed by atoms with Crippen LogP contribution in [0, 0.1) is 0 Å². The Kier molecular flexibility index (Phi) is 6.44. The Hall–Kier alpha value is -2.99. The molecule has 152 valence electrons. The minimum atomic E-state index is -0.203. The summed E-state index contributed by atoms with van der Waals surface area (Å²) in [6, 6.07) is 14.5. The molecule has 0 saturated heterocycles. The van der Waals surface area contributed by atoms with Crippen molar-refractivity contribution < 1.29 is 14.3 Å². The fourth-order valence-corrected chi connectivity index (χ4v) is 3.07. The number of benzene rings is 2. The van der Waals surface area contributed by atoms with Gasteiger partial charge < -0.3 is 14.8 Å². The fourth-order valence-electron chi connectivity index (χ4n) is 2.89. The van der Waals surface area contributed by atoms with Gasteiger partial charge in [0.1, 0.15) is 17.2 Å². The lowest BCUT2D eigenvalue weighted by atomic mass is 10.1. The molecule has 0 aliphatic rings. The number of carbonyl (C=O) groups is 1. The lowest BCUT2D eigenvalue weighted by Crippen LogP contribution is -2.33. The van der Waals surface area contributed by atoms with Gasteiger partial charge in [-0.3, -0.25) is 4.79 Å². The second-order valence-electron chi connectivity index (χ2n) is 6.66. The molecule has 1 amide bonds. The number of aromatic nitrogens is 2. The summed E-state index contributed by atoms with van der Waals surface area (Å²) < 4.78 is 12.4. The van der Waals surface area contributed by atoms with E-state index in [-0.39, 0.29) is 11.9 Å². The van der Waals surface area contributed by atoms with Crippen molar-refractivity contribution in [2.45, 2.75) is 26.3 Å². The van der Waals surface area contributed by atoms with Crippen LogP contribution in [0.1, 0.15) is 30.8 Å². The molecule has 29 heavy (non-hydrogen) atoms. The first-order valence-electron chi connectivity index (χ1n) is 9.36. The van der Waals surface area contributed by atoms with Crippen molar-refractivity contribution in [3.8, 4) is 28.4 Å². The molecule has 7 heteroatoms. The lowest BCUT2D eigenvalue weighted by Gasteiger charge is -2.12. The van der Waals surface area contributed by atoms with E-state index in [4.69, 9.17) is 21.1 Å². The Bertz CT molecular complexity index is 1020. The van der Waals surface area contributed by atoms with Gasteiger partial charge in [-0.05, 0) is 49.7 Å². The lowest BCUT2D eigenvalue weighted by molar-refractivity contribution is 0.0931. The number of halogens is 1. The van der Waals surface area contributed by atoms with Crippen molar-refractivity contribution in [3.63, 3.8) is 0 Å². The molecule has 1 unspecified atom stereocenters. The fraction of sp³-hybridized carbons (Fsp3) is 0.273. The standard InChI is InChI=1S/C22H24ClN3O3/c1-5-14(2)24-22(27)20-13-19(18-10-9-17(28-3)12-21(18)29-4)25-26(20)16-8-6-7-15(23)11-16/h6-14H,5H2,1-4H3,(H,24,27). The summed E-state index contributed by atoms with van der Waals surface area (Å²) in [5.74, 6) is 1.08. The molecule has 1 atom stereocenters. The van der Waals surface area contributed by atoms with Crippen LogP contribution in [0.2, 0.25) is 5.02 Å². The molecular weight excluding hydrogens is 390 g/mol. The van der Waals surface area contributed by atoms with Crippen LogP contribution < -0.4 is 14.8 Å². The minimum absolute atomic E-state index is 0.0455. The van der Waals surface area contributed by atoms with E-state index in [1.807, 2.05) is 38.1 Å². The Morgan fingerprint density at radius 2 is 1.97 bits per heavy atom. The van der Waals surface area contributed by atoms with Crippen LogP contribution in [-0.2, 0) is 0 Å². The quantitative estimate of drug-likeness (QED) is 0.607. The summed E-state index contributed by atoms with van der Waals surface area (Å²) in [5, 5.41) is 8.25. The molecule has 1 heterocycles. The number of rotatable bonds is 7. The van der Waals surface area contributed by atoms with Crippen molar-refractivity contribution in [2.75, 3.05) is 14.2 Å². The predicted octanol–water partition coefficient (Wildman–Crippen LogP) is 4.74. The Labute approximate surface area is 175 Å². The van der Waals surface area contributed by atoms with Gasteiger partial charge in [-0.1, -0.05) is 24.6 Å². The smallest absolute Gasteiger partial charge is 0.270 e. The van der Waals surface area contributed by atoms with Gasteiger partial charge in [-0.2, -0.15) is 5.10 Å². The Morgan fingerprint density at radius 1 is 1.17 bits per heavy atom. The maximum atomic E-state index is 12.9. The minimum Gasteiger partial charge on any atom is -0.497 e. The first-order chi connectivity index (χ1) is 14.0. The van der Waals surface area contributed by atoms with Crippen LogP contribution in [0.25, 0.3) is 16.9 Å². The molecule has 0 radical (unpaired) electrons. The molecule has 2 aromatic carbocycles. The van der Waals surface area contributed by atoms with Gasteiger partial charge in [0.15, 0.2) is 0 Å². The number of nitrogens with zero attached hydrogens (tertiary/aromatic N) is 2. The van der Waals surface area contributed by atoms with Gasteiger partial charge in [-0.25, -0.2) is 4.68 Å². The van der Waals surface area contributed by atoms with Crippen LogP contribution in [0.4, 0.5) is 0 Å². The molecule has 3 rings (SSSR count). The van der Waals surface area contributed by atoms with Gasteiger partial charge in [-0.15, -0.1) is 0 Å². The number of ether oxygens (including phenoxy) is 2. The maximum absolute atomic E-state index is 12.9. The zero-order chi connectivity index (χ0) is 21.0. The topological polar surface area (TPSA) is 65.4 Å². The third-order valence-electron chi connectivity index (χ3n) is 4.67. The summed E-state index contributed by atoms with van der Waals surface area (Å²) in [4.78, 5) is 12.9. The monoisotopic (exact) mass is 413 g/mol. The van der Waals surface area contributed by atoms with Gasteiger partial charge in [0.2, 0.25) is 0 Å². The summed E-state index contributed by atoms with van der Waals surface area (Å²) in [5.41, 5.74) is 2.48. The highest BCUT2D eigenvalue weighted by atomic mass is 35.5. The summed E-state index contributed by atoms with van der Waals surface area (Å²) in [6.45, 7) is 3.98. The van der Waals surface area contributed by atoms with Crippen LogP contribution in [0.5, 0.6) is 11.5 Å². The van der Waals surface area contributed by atoms with Crippen molar-refractivity contribution >= 4 is 17.5 Å². The highest BCUT2D eigenvalue weighted by molar-refractivity contribution is 6.30. The zero-order valence-electron chi connectivity index (χ0n) is 16.9. The molecule has 1 N–H and O–H groups in total. The van der Waals surface area contributed by atoms with Gasteiger partial charge >= 0.3 is 0 Å². The first kappa shape index (κ1) is 20.7. The van der Waals surface area contributed by atoms with Crippen LogP contribution in [0.15, 0.2) is 48.5 Å². The summed E-state index contributed by atoms with van der Waals surface area (Å²) >= 11 is 6.16. The third-order valence-corrected chi connectivity index (χ3v) is 4.90. The van der Waals surface area contributed by atoms with E-state index in [0.29, 0.717) is 33.6 Å². The van der Waals surface area contributed by atoms with E-state index in [2.05, 4.69) is 10.4 Å². The Balaban J connectivity index is 2.13. The number of amides is 1. The van der Waals surface area contributed by atoms with Crippen LogP contribution >= 0.6 is 11.6 Å². The van der Waals surface area contributed by atoms with Crippen molar-refractivity contribution in [1.82, 2.24) is 15.1 Å². The largest absolute Gasteiger partial charge is 0.497 e.